The fraction of sp³-hybridized carbons (Fsp3) is 0.294. The van der Waals surface area contributed by atoms with Crippen molar-refractivity contribution in [2.45, 2.75) is 12.6 Å². The number of amides is 1. The van der Waals surface area contributed by atoms with Crippen molar-refractivity contribution in [1.82, 2.24) is 10.3 Å². The molecule has 2 heterocycles. The third-order valence-electron chi connectivity index (χ3n) is 3.67. The van der Waals surface area contributed by atoms with Gasteiger partial charge in [0.1, 0.15) is 18.9 Å². The highest BCUT2D eigenvalue weighted by molar-refractivity contribution is 6.32. The van der Waals surface area contributed by atoms with Crippen LogP contribution in [0.2, 0.25) is 5.02 Å². The molecule has 9 heteroatoms. The molecule has 26 heavy (non-hydrogen) atoms. The molecule has 1 aliphatic rings. The molecule has 0 atom stereocenters. The molecule has 0 spiro atoms. The lowest BCUT2D eigenvalue weighted by Crippen LogP contribution is -2.26. The summed E-state index contributed by atoms with van der Waals surface area (Å²) in [6.07, 6.45) is -3.16. The van der Waals surface area contributed by atoms with Crippen molar-refractivity contribution in [3.05, 3.63) is 52.3 Å². The molecule has 2 aromatic rings. The molecule has 138 valence electrons. The van der Waals surface area contributed by atoms with Crippen molar-refractivity contribution < 1.29 is 27.4 Å². The standard InChI is InChI=1S/C17H14ClF3N2O3/c18-12-7-10(8-13-15(12)26-6-5-25-13)3-4-22-16(24)11-1-2-14(23-9-11)17(19,20)21/h1-2,7-9H,3-6H2,(H,22,24). The second-order valence-corrected chi connectivity index (χ2v) is 5.94. The lowest BCUT2D eigenvalue weighted by atomic mass is 10.1. The Morgan fingerprint density at radius 3 is 2.69 bits per heavy atom. The Morgan fingerprint density at radius 2 is 2.00 bits per heavy atom. The molecule has 0 unspecified atom stereocenters. The van der Waals surface area contributed by atoms with E-state index < -0.39 is 17.8 Å². The molecule has 1 N–H and O–H groups in total. The first kappa shape index (κ1) is 18.3. The maximum absolute atomic E-state index is 12.5. The topological polar surface area (TPSA) is 60.5 Å². The van der Waals surface area contributed by atoms with Gasteiger partial charge in [0.25, 0.3) is 5.91 Å². The molecular weight excluding hydrogens is 373 g/mol. The lowest BCUT2D eigenvalue weighted by molar-refractivity contribution is -0.141. The Kier molecular flexibility index (Phi) is 5.22. The van der Waals surface area contributed by atoms with E-state index in [1.54, 1.807) is 12.1 Å². The van der Waals surface area contributed by atoms with Gasteiger partial charge in [0, 0.05) is 12.7 Å². The van der Waals surface area contributed by atoms with Gasteiger partial charge in [-0.2, -0.15) is 13.2 Å². The Hall–Kier alpha value is -2.48. The summed E-state index contributed by atoms with van der Waals surface area (Å²) in [7, 11) is 0. The SMILES string of the molecule is O=C(NCCc1cc(Cl)c2c(c1)OCCO2)c1ccc(C(F)(F)F)nc1. The van der Waals surface area contributed by atoms with Crippen LogP contribution in [0.1, 0.15) is 21.6 Å². The summed E-state index contributed by atoms with van der Waals surface area (Å²) in [6.45, 7) is 1.14. The van der Waals surface area contributed by atoms with Gasteiger partial charge < -0.3 is 14.8 Å². The molecule has 0 saturated carbocycles. The molecule has 1 aromatic heterocycles. The van der Waals surface area contributed by atoms with Gasteiger partial charge in [-0.1, -0.05) is 11.6 Å². The Morgan fingerprint density at radius 1 is 1.23 bits per heavy atom. The van der Waals surface area contributed by atoms with Gasteiger partial charge in [-0.15, -0.1) is 0 Å². The predicted octanol–water partition coefficient (Wildman–Crippen LogP) is 3.50. The van der Waals surface area contributed by atoms with Gasteiger partial charge in [0.15, 0.2) is 11.5 Å². The van der Waals surface area contributed by atoms with Crippen molar-refractivity contribution >= 4 is 17.5 Å². The minimum atomic E-state index is -4.54. The van der Waals surface area contributed by atoms with Crippen LogP contribution in [0.25, 0.3) is 0 Å². The van der Waals surface area contributed by atoms with Gasteiger partial charge >= 0.3 is 6.18 Å². The van der Waals surface area contributed by atoms with E-state index >= 15 is 0 Å². The van der Waals surface area contributed by atoms with Crippen LogP contribution < -0.4 is 14.8 Å². The molecule has 0 radical (unpaired) electrons. The van der Waals surface area contributed by atoms with Crippen LogP contribution in [0.4, 0.5) is 13.2 Å². The van der Waals surface area contributed by atoms with E-state index in [2.05, 4.69) is 10.3 Å². The van der Waals surface area contributed by atoms with Crippen LogP contribution >= 0.6 is 11.6 Å². The quantitative estimate of drug-likeness (QED) is 0.873. The number of benzene rings is 1. The molecule has 0 fully saturated rings. The number of hydrogen-bond acceptors (Lipinski definition) is 4. The van der Waals surface area contributed by atoms with E-state index in [9.17, 15) is 18.0 Å². The summed E-state index contributed by atoms with van der Waals surface area (Å²) in [4.78, 5) is 15.3. The van der Waals surface area contributed by atoms with E-state index in [0.29, 0.717) is 36.2 Å². The average molecular weight is 387 g/mol. The Labute approximate surface area is 152 Å². The molecule has 0 bridgehead atoms. The van der Waals surface area contributed by atoms with Crippen LogP contribution in [0.15, 0.2) is 30.5 Å². The first-order valence-corrected chi connectivity index (χ1v) is 8.12. The average Bonchev–Trinajstić information content (AvgIpc) is 2.61. The summed E-state index contributed by atoms with van der Waals surface area (Å²) in [6, 6.07) is 5.37. The fourth-order valence-corrected chi connectivity index (χ4v) is 2.71. The first-order valence-electron chi connectivity index (χ1n) is 7.74. The molecule has 0 aliphatic carbocycles. The van der Waals surface area contributed by atoms with Crippen LogP contribution in [0.3, 0.4) is 0 Å². The van der Waals surface area contributed by atoms with Gasteiger partial charge in [-0.3, -0.25) is 9.78 Å². The molecule has 1 aliphatic heterocycles. The normalized spacial score (nSPS) is 13.4. The minimum Gasteiger partial charge on any atom is -0.486 e. The highest BCUT2D eigenvalue weighted by Gasteiger charge is 2.32. The molecular formula is C17H14ClF3N2O3. The molecule has 0 saturated heterocycles. The number of carbonyl (C=O) groups is 1. The van der Waals surface area contributed by atoms with Crippen LogP contribution in [-0.2, 0) is 12.6 Å². The summed E-state index contributed by atoms with van der Waals surface area (Å²) in [5.41, 5.74) is -0.150. The fourth-order valence-electron chi connectivity index (χ4n) is 2.43. The number of hydrogen-bond donors (Lipinski definition) is 1. The highest BCUT2D eigenvalue weighted by atomic mass is 35.5. The number of ether oxygens (including phenoxy) is 2. The highest BCUT2D eigenvalue weighted by Crippen LogP contribution is 2.38. The first-order chi connectivity index (χ1) is 12.3. The summed E-state index contributed by atoms with van der Waals surface area (Å²) in [5, 5.41) is 3.06. The zero-order valence-electron chi connectivity index (χ0n) is 13.4. The van der Waals surface area contributed by atoms with Crippen LogP contribution in [0, 0.1) is 0 Å². The van der Waals surface area contributed by atoms with E-state index in [-0.39, 0.29) is 12.1 Å². The predicted molar refractivity (Wildman–Crippen MR) is 87.7 cm³/mol. The Bertz CT molecular complexity index is 810. The summed E-state index contributed by atoms with van der Waals surface area (Å²) in [5.74, 6) is 0.549. The third kappa shape index (κ3) is 4.19. The number of fused-ring (bicyclic) bond motifs is 1. The monoisotopic (exact) mass is 386 g/mol. The zero-order valence-corrected chi connectivity index (χ0v) is 14.2. The van der Waals surface area contributed by atoms with Crippen molar-refractivity contribution in [3.8, 4) is 11.5 Å². The summed E-state index contributed by atoms with van der Waals surface area (Å²) < 4.78 is 48.3. The maximum atomic E-state index is 12.5. The largest absolute Gasteiger partial charge is 0.486 e. The van der Waals surface area contributed by atoms with Gasteiger partial charge in [0.2, 0.25) is 0 Å². The van der Waals surface area contributed by atoms with E-state index in [0.717, 1.165) is 23.9 Å². The van der Waals surface area contributed by atoms with Crippen molar-refractivity contribution in [2.24, 2.45) is 0 Å². The lowest BCUT2D eigenvalue weighted by Gasteiger charge is -2.20. The van der Waals surface area contributed by atoms with Gasteiger partial charge in [0.05, 0.1) is 10.6 Å². The zero-order chi connectivity index (χ0) is 18.7. The Balaban J connectivity index is 1.58. The number of nitrogens with one attached hydrogen (secondary N) is 1. The van der Waals surface area contributed by atoms with E-state index in [4.69, 9.17) is 21.1 Å². The number of carbonyl (C=O) groups excluding carboxylic acids is 1. The van der Waals surface area contributed by atoms with Crippen molar-refractivity contribution in [3.63, 3.8) is 0 Å². The van der Waals surface area contributed by atoms with E-state index in [1.807, 2.05) is 0 Å². The maximum Gasteiger partial charge on any atom is 0.433 e. The number of alkyl halides is 3. The van der Waals surface area contributed by atoms with Crippen molar-refractivity contribution in [1.29, 1.82) is 0 Å². The molecule has 1 aromatic carbocycles. The van der Waals surface area contributed by atoms with Crippen molar-refractivity contribution in [2.75, 3.05) is 19.8 Å². The smallest absolute Gasteiger partial charge is 0.433 e. The van der Waals surface area contributed by atoms with Gasteiger partial charge in [-0.25, -0.2) is 0 Å². The number of nitrogens with zero attached hydrogens (tertiary/aromatic N) is 1. The molecule has 3 rings (SSSR count). The minimum absolute atomic E-state index is 0.0539. The number of halogens is 4. The van der Waals surface area contributed by atoms with Crippen LogP contribution in [0.5, 0.6) is 11.5 Å². The number of rotatable bonds is 4. The van der Waals surface area contributed by atoms with Gasteiger partial charge in [-0.05, 0) is 36.2 Å². The summed E-state index contributed by atoms with van der Waals surface area (Å²) >= 11 is 6.14. The second kappa shape index (κ2) is 7.41. The van der Waals surface area contributed by atoms with E-state index in [1.165, 1.54) is 0 Å². The molecule has 1 amide bonds. The number of aromatic nitrogens is 1. The number of pyridine rings is 1. The third-order valence-corrected chi connectivity index (χ3v) is 3.95. The second-order valence-electron chi connectivity index (χ2n) is 5.54. The molecule has 5 nitrogen and oxygen atoms in total. The van der Waals surface area contributed by atoms with Crippen LogP contribution in [-0.4, -0.2) is 30.6 Å².